The lowest BCUT2D eigenvalue weighted by Gasteiger charge is -2.35. The quantitative estimate of drug-likeness (QED) is 0.835. The van der Waals surface area contributed by atoms with Crippen LogP contribution in [0.4, 0.5) is 0 Å². The molecule has 2 aliphatic rings. The van der Waals surface area contributed by atoms with Crippen molar-refractivity contribution in [2.24, 2.45) is 5.92 Å². The van der Waals surface area contributed by atoms with Crippen LogP contribution < -0.4 is 5.32 Å². The summed E-state index contributed by atoms with van der Waals surface area (Å²) >= 11 is 0. The molecule has 6 nitrogen and oxygen atoms in total. The zero-order valence-electron chi connectivity index (χ0n) is 15.1. The molecule has 2 amide bonds. The van der Waals surface area contributed by atoms with Crippen LogP contribution in [0.2, 0.25) is 0 Å². The summed E-state index contributed by atoms with van der Waals surface area (Å²) in [7, 11) is 1.93. The van der Waals surface area contributed by atoms with Gasteiger partial charge in [0.15, 0.2) is 0 Å². The number of halogens is 2. The van der Waals surface area contributed by atoms with Crippen LogP contribution >= 0.6 is 24.8 Å². The number of nitrogens with zero attached hydrogens (tertiary/aromatic N) is 3. The average molecular weight is 403 g/mol. The van der Waals surface area contributed by atoms with Crippen molar-refractivity contribution in [2.45, 2.75) is 31.7 Å². The van der Waals surface area contributed by atoms with Crippen LogP contribution in [0.15, 0.2) is 24.5 Å². The molecule has 0 aromatic carbocycles. The fraction of sp³-hybridized carbons (Fsp3) is 0.611. The van der Waals surface area contributed by atoms with E-state index in [0.29, 0.717) is 18.2 Å². The number of aromatic nitrogens is 1. The summed E-state index contributed by atoms with van der Waals surface area (Å²) in [5.41, 5.74) is 0.646. The summed E-state index contributed by atoms with van der Waals surface area (Å²) < 4.78 is 0. The summed E-state index contributed by atoms with van der Waals surface area (Å²) in [6.07, 6.45) is 7.17. The molecule has 1 N–H and O–H groups in total. The Balaban J connectivity index is 0.00000169. The number of likely N-dealkylation sites (tertiary alicyclic amines) is 2. The van der Waals surface area contributed by atoms with E-state index in [0.717, 1.165) is 45.3 Å². The van der Waals surface area contributed by atoms with E-state index in [1.807, 2.05) is 16.8 Å². The van der Waals surface area contributed by atoms with Gasteiger partial charge in [0.1, 0.15) is 0 Å². The standard InChI is InChI=1S/C18H26N4O2.2ClH/c1-19-12-16-5-3-11-22(16)18(24)15-4-2-10-21(13-15)17(23)14-6-8-20-9-7-14;;/h6-9,15-16,19H,2-5,10-13H2,1H3;2*1H. The number of pyridine rings is 1. The van der Waals surface area contributed by atoms with Gasteiger partial charge in [-0.3, -0.25) is 14.6 Å². The summed E-state index contributed by atoms with van der Waals surface area (Å²) in [5.74, 6) is 0.157. The number of nitrogens with one attached hydrogen (secondary N) is 1. The van der Waals surface area contributed by atoms with Gasteiger partial charge >= 0.3 is 0 Å². The third-order valence-corrected chi connectivity index (χ3v) is 5.09. The van der Waals surface area contributed by atoms with Crippen molar-refractivity contribution < 1.29 is 9.59 Å². The average Bonchev–Trinajstić information content (AvgIpc) is 3.10. The second-order valence-corrected chi connectivity index (χ2v) is 6.71. The first-order valence-electron chi connectivity index (χ1n) is 8.85. The van der Waals surface area contributed by atoms with E-state index in [2.05, 4.69) is 10.3 Å². The van der Waals surface area contributed by atoms with Crippen molar-refractivity contribution in [1.29, 1.82) is 0 Å². The summed E-state index contributed by atoms with van der Waals surface area (Å²) in [5, 5.41) is 3.18. The summed E-state index contributed by atoms with van der Waals surface area (Å²) in [6, 6.07) is 3.77. The molecule has 3 rings (SSSR count). The molecule has 2 aliphatic heterocycles. The number of piperidine rings is 1. The first kappa shape index (κ1) is 22.7. The Bertz CT molecular complexity index is 588. The number of hydrogen-bond donors (Lipinski definition) is 1. The number of amides is 2. The van der Waals surface area contributed by atoms with Crippen LogP contribution in [-0.2, 0) is 4.79 Å². The van der Waals surface area contributed by atoms with Crippen LogP contribution in [0.5, 0.6) is 0 Å². The minimum absolute atomic E-state index is 0. The first-order chi connectivity index (χ1) is 11.7. The Hall–Kier alpha value is -1.37. The number of carbonyl (C=O) groups excluding carboxylic acids is 2. The van der Waals surface area contributed by atoms with Gasteiger partial charge in [0.25, 0.3) is 5.91 Å². The Morgan fingerprint density at radius 3 is 2.54 bits per heavy atom. The molecule has 0 radical (unpaired) electrons. The van der Waals surface area contributed by atoms with Crippen molar-refractivity contribution in [1.82, 2.24) is 20.1 Å². The van der Waals surface area contributed by atoms with E-state index in [9.17, 15) is 9.59 Å². The zero-order valence-corrected chi connectivity index (χ0v) is 16.7. The SMILES string of the molecule is CNCC1CCCN1C(=O)C1CCCN(C(=O)c2ccncc2)C1.Cl.Cl. The van der Waals surface area contributed by atoms with Crippen LogP contribution in [0.25, 0.3) is 0 Å². The molecule has 146 valence electrons. The Labute approximate surface area is 167 Å². The molecule has 2 unspecified atom stereocenters. The van der Waals surface area contributed by atoms with Gasteiger partial charge in [-0.15, -0.1) is 24.8 Å². The molecule has 2 fully saturated rings. The first-order valence-corrected chi connectivity index (χ1v) is 8.85. The highest BCUT2D eigenvalue weighted by atomic mass is 35.5. The molecule has 2 saturated heterocycles. The predicted molar refractivity (Wildman–Crippen MR) is 106 cm³/mol. The monoisotopic (exact) mass is 402 g/mol. The van der Waals surface area contributed by atoms with Gasteiger partial charge in [0.2, 0.25) is 5.91 Å². The normalized spacial score (nSPS) is 22.3. The van der Waals surface area contributed by atoms with Gasteiger partial charge in [-0.2, -0.15) is 0 Å². The maximum absolute atomic E-state index is 12.9. The Morgan fingerprint density at radius 1 is 1.15 bits per heavy atom. The highest BCUT2D eigenvalue weighted by Gasteiger charge is 2.35. The number of carbonyl (C=O) groups is 2. The van der Waals surface area contributed by atoms with Gasteiger partial charge in [0.05, 0.1) is 5.92 Å². The minimum Gasteiger partial charge on any atom is -0.338 e. The molecular weight excluding hydrogens is 375 g/mol. The summed E-state index contributed by atoms with van der Waals surface area (Å²) in [6.45, 7) is 2.95. The van der Waals surface area contributed by atoms with E-state index in [1.165, 1.54) is 0 Å². The van der Waals surface area contributed by atoms with Crippen molar-refractivity contribution in [2.75, 3.05) is 33.2 Å². The van der Waals surface area contributed by atoms with Crippen LogP contribution in [0.3, 0.4) is 0 Å². The molecule has 1 aromatic heterocycles. The Morgan fingerprint density at radius 2 is 1.85 bits per heavy atom. The summed E-state index contributed by atoms with van der Waals surface area (Å²) in [4.78, 5) is 33.4. The van der Waals surface area contributed by atoms with Crippen molar-refractivity contribution in [3.63, 3.8) is 0 Å². The number of hydrogen-bond acceptors (Lipinski definition) is 4. The van der Waals surface area contributed by atoms with Gasteiger partial charge in [-0.25, -0.2) is 0 Å². The van der Waals surface area contributed by atoms with Crippen LogP contribution in [-0.4, -0.2) is 65.9 Å². The molecule has 2 atom stereocenters. The second kappa shape index (κ2) is 10.7. The molecule has 8 heteroatoms. The molecule has 26 heavy (non-hydrogen) atoms. The van der Waals surface area contributed by atoms with Crippen molar-refractivity contribution in [3.05, 3.63) is 30.1 Å². The molecule has 0 aliphatic carbocycles. The lowest BCUT2D eigenvalue weighted by atomic mass is 9.95. The lowest BCUT2D eigenvalue weighted by Crippen LogP contribution is -2.49. The molecular formula is C18H28Cl2N4O2. The van der Waals surface area contributed by atoms with Gasteiger partial charge < -0.3 is 15.1 Å². The highest BCUT2D eigenvalue weighted by molar-refractivity contribution is 5.94. The van der Waals surface area contributed by atoms with Gasteiger partial charge in [0, 0.05) is 50.2 Å². The van der Waals surface area contributed by atoms with Crippen LogP contribution in [0.1, 0.15) is 36.0 Å². The largest absolute Gasteiger partial charge is 0.338 e. The maximum atomic E-state index is 12.9. The molecule has 0 saturated carbocycles. The molecule has 3 heterocycles. The van der Waals surface area contributed by atoms with Gasteiger partial charge in [-0.05, 0) is 44.9 Å². The molecule has 0 bridgehead atoms. The Kier molecular flexibility index (Phi) is 9.33. The van der Waals surface area contributed by atoms with E-state index >= 15 is 0 Å². The predicted octanol–water partition coefficient (Wildman–Crippen LogP) is 1.99. The fourth-order valence-corrected chi connectivity index (χ4v) is 3.85. The maximum Gasteiger partial charge on any atom is 0.253 e. The molecule has 0 spiro atoms. The van der Waals surface area contributed by atoms with E-state index < -0.39 is 0 Å². The number of likely N-dealkylation sites (N-methyl/N-ethyl adjacent to an activating group) is 1. The topological polar surface area (TPSA) is 65.5 Å². The molecule has 1 aromatic rings. The van der Waals surface area contributed by atoms with E-state index in [1.54, 1.807) is 24.5 Å². The van der Waals surface area contributed by atoms with Crippen LogP contribution in [0, 0.1) is 5.92 Å². The minimum atomic E-state index is -0.0676. The fourth-order valence-electron chi connectivity index (χ4n) is 3.85. The zero-order chi connectivity index (χ0) is 16.9. The number of rotatable bonds is 4. The third kappa shape index (κ3) is 5.09. The second-order valence-electron chi connectivity index (χ2n) is 6.71. The van der Waals surface area contributed by atoms with E-state index in [4.69, 9.17) is 0 Å². The lowest BCUT2D eigenvalue weighted by molar-refractivity contribution is -0.137. The smallest absolute Gasteiger partial charge is 0.253 e. The van der Waals surface area contributed by atoms with Gasteiger partial charge in [-0.1, -0.05) is 0 Å². The van der Waals surface area contributed by atoms with Crippen molar-refractivity contribution >= 4 is 36.6 Å². The van der Waals surface area contributed by atoms with Crippen molar-refractivity contribution in [3.8, 4) is 0 Å². The highest BCUT2D eigenvalue weighted by Crippen LogP contribution is 2.25. The third-order valence-electron chi connectivity index (χ3n) is 5.09. The van der Waals surface area contributed by atoms with E-state index in [-0.39, 0.29) is 42.5 Å².